The Morgan fingerprint density at radius 2 is 2.22 bits per heavy atom. The van der Waals surface area contributed by atoms with Crippen molar-refractivity contribution in [2.45, 2.75) is 20.4 Å². The monoisotopic (exact) mass is 242 g/mol. The zero-order chi connectivity index (χ0) is 12.7. The van der Waals surface area contributed by atoms with Crippen molar-refractivity contribution >= 4 is 5.91 Å². The van der Waals surface area contributed by atoms with Gasteiger partial charge in [0.05, 0.1) is 12.2 Å². The fourth-order valence-electron chi connectivity index (χ4n) is 2.38. The van der Waals surface area contributed by atoms with Crippen LogP contribution in [0.25, 0.3) is 11.1 Å². The molecule has 0 atom stereocenters. The van der Waals surface area contributed by atoms with E-state index in [1.54, 1.807) is 10.9 Å². The topological polar surface area (TPSA) is 59.8 Å². The van der Waals surface area contributed by atoms with Crippen molar-refractivity contribution in [2.75, 3.05) is 6.54 Å². The largest absolute Gasteiger partial charge is 0.349 e. The van der Waals surface area contributed by atoms with Crippen LogP contribution in [-0.2, 0) is 6.54 Å². The molecule has 2 aromatic heterocycles. The zero-order valence-corrected chi connectivity index (χ0v) is 10.4. The van der Waals surface area contributed by atoms with Gasteiger partial charge >= 0.3 is 0 Å². The Bertz CT molecular complexity index is 630. The maximum absolute atomic E-state index is 12.0. The van der Waals surface area contributed by atoms with Crippen molar-refractivity contribution in [1.82, 2.24) is 20.1 Å². The van der Waals surface area contributed by atoms with E-state index in [-0.39, 0.29) is 5.91 Å². The molecule has 0 saturated carbocycles. The molecule has 1 amide bonds. The zero-order valence-electron chi connectivity index (χ0n) is 10.4. The van der Waals surface area contributed by atoms with Crippen LogP contribution in [0.5, 0.6) is 0 Å². The van der Waals surface area contributed by atoms with E-state index in [2.05, 4.69) is 15.4 Å². The molecule has 1 aliphatic rings. The standard InChI is InChI=1S/C13H14N4O/c1-8-7-10(3-4-14-8)11-9(2)16-17-6-5-15-13(18)12(11)17/h3-4,7H,5-6H2,1-2H3,(H,15,18). The quantitative estimate of drug-likeness (QED) is 0.820. The molecule has 3 heterocycles. The molecule has 3 rings (SSSR count). The lowest BCUT2D eigenvalue weighted by Crippen LogP contribution is -2.35. The van der Waals surface area contributed by atoms with Crippen molar-refractivity contribution in [1.29, 1.82) is 0 Å². The van der Waals surface area contributed by atoms with Gasteiger partial charge in [0.25, 0.3) is 5.91 Å². The lowest BCUT2D eigenvalue weighted by atomic mass is 10.0. The van der Waals surface area contributed by atoms with Gasteiger partial charge in [-0.25, -0.2) is 0 Å². The minimum absolute atomic E-state index is 0.0497. The highest BCUT2D eigenvalue weighted by atomic mass is 16.2. The van der Waals surface area contributed by atoms with Crippen LogP contribution < -0.4 is 5.32 Å². The number of fused-ring (bicyclic) bond motifs is 1. The first-order valence-corrected chi connectivity index (χ1v) is 5.95. The summed E-state index contributed by atoms with van der Waals surface area (Å²) in [6.45, 7) is 5.24. The first kappa shape index (κ1) is 11.0. The summed E-state index contributed by atoms with van der Waals surface area (Å²) < 4.78 is 1.79. The fraction of sp³-hybridized carbons (Fsp3) is 0.308. The Hall–Kier alpha value is -2.17. The summed E-state index contributed by atoms with van der Waals surface area (Å²) in [5, 5.41) is 7.30. The van der Waals surface area contributed by atoms with Crippen LogP contribution in [0.1, 0.15) is 21.9 Å². The number of pyridine rings is 1. The summed E-state index contributed by atoms with van der Waals surface area (Å²) in [4.78, 5) is 16.2. The Morgan fingerprint density at radius 3 is 3.00 bits per heavy atom. The van der Waals surface area contributed by atoms with Crippen LogP contribution in [0.2, 0.25) is 0 Å². The summed E-state index contributed by atoms with van der Waals surface area (Å²) in [6.07, 6.45) is 1.76. The van der Waals surface area contributed by atoms with Gasteiger partial charge in [-0.2, -0.15) is 5.10 Å². The number of nitrogens with zero attached hydrogens (tertiary/aromatic N) is 3. The minimum Gasteiger partial charge on any atom is -0.349 e. The van der Waals surface area contributed by atoms with Gasteiger partial charge in [-0.15, -0.1) is 0 Å². The maximum Gasteiger partial charge on any atom is 0.270 e. The first-order valence-electron chi connectivity index (χ1n) is 5.95. The van der Waals surface area contributed by atoms with Crippen LogP contribution >= 0.6 is 0 Å². The minimum atomic E-state index is -0.0497. The molecule has 1 aliphatic heterocycles. The van der Waals surface area contributed by atoms with Crippen LogP contribution in [0.4, 0.5) is 0 Å². The van der Waals surface area contributed by atoms with Gasteiger partial charge in [0.1, 0.15) is 5.69 Å². The number of aryl methyl sites for hydroxylation is 2. The second kappa shape index (κ2) is 3.94. The number of carbonyl (C=O) groups is 1. The van der Waals surface area contributed by atoms with E-state index in [0.29, 0.717) is 12.2 Å². The van der Waals surface area contributed by atoms with Crippen molar-refractivity contribution in [3.63, 3.8) is 0 Å². The molecule has 0 saturated heterocycles. The summed E-state index contributed by atoms with van der Waals surface area (Å²) in [5.41, 5.74) is 4.39. The van der Waals surface area contributed by atoms with Gasteiger partial charge in [-0.3, -0.25) is 14.5 Å². The molecule has 1 N–H and O–H groups in total. The summed E-state index contributed by atoms with van der Waals surface area (Å²) in [7, 11) is 0. The van der Waals surface area contributed by atoms with Crippen molar-refractivity contribution in [3.05, 3.63) is 35.4 Å². The SMILES string of the molecule is Cc1cc(-c2c(C)nn3c2C(=O)NCC3)ccn1. The van der Waals surface area contributed by atoms with Gasteiger partial charge in [0.2, 0.25) is 0 Å². The third kappa shape index (κ3) is 1.59. The number of amides is 1. The summed E-state index contributed by atoms with van der Waals surface area (Å²) in [6, 6.07) is 3.90. The highest BCUT2D eigenvalue weighted by Gasteiger charge is 2.25. The summed E-state index contributed by atoms with van der Waals surface area (Å²) in [5.74, 6) is -0.0497. The molecular formula is C13H14N4O. The molecule has 2 aromatic rings. The predicted molar refractivity (Wildman–Crippen MR) is 67.3 cm³/mol. The second-order valence-electron chi connectivity index (χ2n) is 4.47. The van der Waals surface area contributed by atoms with Gasteiger partial charge in [0.15, 0.2) is 0 Å². The normalized spacial score (nSPS) is 14.2. The van der Waals surface area contributed by atoms with Gasteiger partial charge in [-0.1, -0.05) is 0 Å². The Kier molecular flexibility index (Phi) is 2.40. The van der Waals surface area contributed by atoms with E-state index in [1.165, 1.54) is 0 Å². The molecule has 92 valence electrons. The molecule has 5 heteroatoms. The molecule has 0 aromatic carbocycles. The van der Waals surface area contributed by atoms with Crippen molar-refractivity contribution in [3.8, 4) is 11.1 Å². The van der Waals surface area contributed by atoms with Gasteiger partial charge in [-0.05, 0) is 31.5 Å². The number of aromatic nitrogens is 3. The van der Waals surface area contributed by atoms with Crippen LogP contribution in [-0.4, -0.2) is 27.2 Å². The van der Waals surface area contributed by atoms with Crippen molar-refractivity contribution in [2.24, 2.45) is 0 Å². The predicted octanol–water partition coefficient (Wildman–Crippen LogP) is 1.31. The average Bonchev–Trinajstić information content (AvgIpc) is 2.67. The van der Waals surface area contributed by atoms with Crippen molar-refractivity contribution < 1.29 is 4.79 Å². The van der Waals surface area contributed by atoms with E-state index in [0.717, 1.165) is 29.1 Å². The third-order valence-corrected chi connectivity index (χ3v) is 3.14. The number of rotatable bonds is 1. The molecule has 0 spiro atoms. The lowest BCUT2D eigenvalue weighted by molar-refractivity contribution is 0.0925. The maximum atomic E-state index is 12.0. The molecule has 0 radical (unpaired) electrons. The highest BCUT2D eigenvalue weighted by Crippen LogP contribution is 2.28. The second-order valence-corrected chi connectivity index (χ2v) is 4.47. The lowest BCUT2D eigenvalue weighted by Gasteiger charge is -2.15. The number of hydrogen-bond acceptors (Lipinski definition) is 3. The number of hydrogen-bond donors (Lipinski definition) is 1. The van der Waals surface area contributed by atoms with Crippen LogP contribution in [0.15, 0.2) is 18.3 Å². The molecule has 0 bridgehead atoms. The molecule has 0 unspecified atom stereocenters. The fourth-order valence-corrected chi connectivity index (χ4v) is 2.38. The Labute approximate surface area is 105 Å². The molecule has 0 aliphatic carbocycles. The number of nitrogens with one attached hydrogen (secondary N) is 1. The van der Waals surface area contributed by atoms with E-state index >= 15 is 0 Å². The highest BCUT2D eigenvalue weighted by molar-refractivity contribution is 6.00. The molecule has 5 nitrogen and oxygen atoms in total. The van der Waals surface area contributed by atoms with Crippen LogP contribution in [0.3, 0.4) is 0 Å². The van der Waals surface area contributed by atoms with E-state index in [4.69, 9.17) is 0 Å². The van der Waals surface area contributed by atoms with E-state index < -0.39 is 0 Å². The Balaban J connectivity index is 2.23. The van der Waals surface area contributed by atoms with E-state index in [1.807, 2.05) is 26.0 Å². The van der Waals surface area contributed by atoms with Crippen LogP contribution in [0, 0.1) is 13.8 Å². The molecule has 0 fully saturated rings. The average molecular weight is 242 g/mol. The smallest absolute Gasteiger partial charge is 0.270 e. The molecule has 18 heavy (non-hydrogen) atoms. The van der Waals surface area contributed by atoms with Gasteiger partial charge < -0.3 is 5.32 Å². The molecular weight excluding hydrogens is 228 g/mol. The van der Waals surface area contributed by atoms with Gasteiger partial charge in [0, 0.05) is 24.0 Å². The van der Waals surface area contributed by atoms with E-state index in [9.17, 15) is 4.79 Å². The third-order valence-electron chi connectivity index (χ3n) is 3.14. The summed E-state index contributed by atoms with van der Waals surface area (Å²) >= 11 is 0. The first-order chi connectivity index (χ1) is 8.66. The Morgan fingerprint density at radius 1 is 1.39 bits per heavy atom. The number of carbonyl (C=O) groups excluding carboxylic acids is 1.